The van der Waals surface area contributed by atoms with Crippen LogP contribution in [0.2, 0.25) is 0 Å². The van der Waals surface area contributed by atoms with Crippen molar-refractivity contribution in [2.45, 2.75) is 52.2 Å². The van der Waals surface area contributed by atoms with Crippen LogP contribution in [0, 0.1) is 0 Å². The third-order valence-electron chi connectivity index (χ3n) is 7.17. The molecule has 36 heavy (non-hydrogen) atoms. The summed E-state index contributed by atoms with van der Waals surface area (Å²) < 4.78 is 10.9. The third-order valence-corrected chi connectivity index (χ3v) is 7.17. The maximum atomic E-state index is 13.0. The van der Waals surface area contributed by atoms with Gasteiger partial charge in [-0.1, -0.05) is 43.3 Å². The number of aryl methyl sites for hydroxylation is 1. The van der Waals surface area contributed by atoms with Gasteiger partial charge in [-0.25, -0.2) is 4.79 Å². The first kappa shape index (κ1) is 26.0. The first-order chi connectivity index (χ1) is 17.5. The molecule has 1 amide bonds. The molecule has 1 saturated heterocycles. The van der Waals surface area contributed by atoms with Crippen LogP contribution in [0.15, 0.2) is 48.5 Å². The van der Waals surface area contributed by atoms with Gasteiger partial charge in [-0.15, -0.1) is 0 Å². The molecule has 4 rings (SSSR count). The number of esters is 1. The predicted octanol–water partition coefficient (Wildman–Crippen LogP) is 4.80. The molecule has 0 bridgehead atoms. The number of carbonyl (C=O) groups excluding carboxylic acids is 2. The first-order valence-corrected chi connectivity index (χ1v) is 13.3. The zero-order valence-corrected chi connectivity index (χ0v) is 21.7. The number of carbonyl (C=O) groups is 2. The molecule has 0 saturated carbocycles. The predicted molar refractivity (Wildman–Crippen MR) is 141 cm³/mol. The number of rotatable bonds is 8. The van der Waals surface area contributed by atoms with E-state index in [0.717, 1.165) is 57.5 Å². The minimum atomic E-state index is -0.254. The van der Waals surface area contributed by atoms with E-state index in [-0.39, 0.29) is 24.7 Å². The number of nitrogens with zero attached hydrogens (tertiary/aromatic N) is 3. The number of anilines is 1. The summed E-state index contributed by atoms with van der Waals surface area (Å²) in [5.74, 6) is -0.106. The van der Waals surface area contributed by atoms with Crippen molar-refractivity contribution in [3.05, 3.63) is 65.2 Å². The Hall–Kier alpha value is -3.06. The summed E-state index contributed by atoms with van der Waals surface area (Å²) >= 11 is 0. The second-order valence-electron chi connectivity index (χ2n) is 9.70. The van der Waals surface area contributed by atoms with Gasteiger partial charge in [-0.3, -0.25) is 9.69 Å². The average Bonchev–Trinajstić information content (AvgIpc) is 3.08. The van der Waals surface area contributed by atoms with Crippen LogP contribution < -0.4 is 4.90 Å². The van der Waals surface area contributed by atoms with E-state index < -0.39 is 0 Å². The summed E-state index contributed by atoms with van der Waals surface area (Å²) in [6.45, 7) is 10.0. The molecule has 0 spiro atoms. The largest absolute Gasteiger partial charge is 0.466 e. The first-order valence-electron chi connectivity index (χ1n) is 13.3. The van der Waals surface area contributed by atoms with Gasteiger partial charge in [0, 0.05) is 45.0 Å². The fourth-order valence-electron chi connectivity index (χ4n) is 5.02. The van der Waals surface area contributed by atoms with E-state index in [1.165, 1.54) is 16.8 Å². The van der Waals surface area contributed by atoms with Crippen molar-refractivity contribution >= 4 is 17.7 Å². The van der Waals surface area contributed by atoms with E-state index in [4.69, 9.17) is 9.47 Å². The summed E-state index contributed by atoms with van der Waals surface area (Å²) in [4.78, 5) is 31.4. The number of hydrogen-bond acceptors (Lipinski definition) is 6. The molecule has 0 N–H and O–H groups in total. The van der Waals surface area contributed by atoms with Crippen molar-refractivity contribution in [2.24, 2.45) is 0 Å². The Morgan fingerprint density at radius 1 is 0.972 bits per heavy atom. The molecule has 2 aliphatic heterocycles. The highest BCUT2D eigenvalue weighted by Gasteiger charge is 2.28. The van der Waals surface area contributed by atoms with Crippen LogP contribution in [0.1, 0.15) is 55.8 Å². The van der Waals surface area contributed by atoms with Crippen LogP contribution in [-0.4, -0.2) is 67.7 Å². The lowest BCUT2D eigenvalue weighted by molar-refractivity contribution is -0.144. The van der Waals surface area contributed by atoms with Crippen LogP contribution in [0.5, 0.6) is 0 Å². The Balaban J connectivity index is 1.34. The fourth-order valence-corrected chi connectivity index (χ4v) is 5.02. The fraction of sp³-hybridized carbons (Fsp3) is 0.517. The van der Waals surface area contributed by atoms with Crippen molar-refractivity contribution in [1.82, 2.24) is 9.80 Å². The van der Waals surface area contributed by atoms with Crippen molar-refractivity contribution < 1.29 is 19.1 Å². The minimum absolute atomic E-state index is 0.0406. The van der Waals surface area contributed by atoms with Gasteiger partial charge in [0.05, 0.1) is 19.1 Å². The lowest BCUT2D eigenvalue weighted by Crippen LogP contribution is -2.47. The lowest BCUT2D eigenvalue weighted by atomic mass is 9.98. The highest BCUT2D eigenvalue weighted by Crippen LogP contribution is 2.32. The van der Waals surface area contributed by atoms with Crippen molar-refractivity contribution in [1.29, 1.82) is 0 Å². The van der Waals surface area contributed by atoms with Crippen molar-refractivity contribution in [3.8, 4) is 0 Å². The molecule has 0 aliphatic carbocycles. The SMILES string of the molecule is CCCOC(=O)CCN1CCN(c2ccc3c(c2)[C@H](C)N(C(=O)OCc2ccccc2)CCC3)CC1. The number of hydrogen-bond donors (Lipinski definition) is 0. The highest BCUT2D eigenvalue weighted by molar-refractivity contribution is 5.70. The molecule has 7 heteroatoms. The van der Waals surface area contributed by atoms with Gasteiger partial charge in [0.15, 0.2) is 0 Å². The minimum Gasteiger partial charge on any atom is -0.466 e. The van der Waals surface area contributed by atoms with Gasteiger partial charge in [-0.05, 0) is 55.0 Å². The number of benzene rings is 2. The van der Waals surface area contributed by atoms with Gasteiger partial charge in [0.25, 0.3) is 0 Å². The molecular weight excluding hydrogens is 454 g/mol. The maximum absolute atomic E-state index is 13.0. The zero-order chi connectivity index (χ0) is 25.3. The second-order valence-corrected chi connectivity index (χ2v) is 9.70. The monoisotopic (exact) mass is 493 g/mol. The van der Waals surface area contributed by atoms with E-state index in [9.17, 15) is 9.59 Å². The van der Waals surface area contributed by atoms with Gasteiger partial charge in [-0.2, -0.15) is 0 Å². The molecule has 0 radical (unpaired) electrons. The maximum Gasteiger partial charge on any atom is 0.410 e. The lowest BCUT2D eigenvalue weighted by Gasteiger charge is -2.36. The van der Waals surface area contributed by atoms with Gasteiger partial charge in [0.2, 0.25) is 0 Å². The molecule has 0 unspecified atom stereocenters. The molecular formula is C29H39N3O4. The summed E-state index contributed by atoms with van der Waals surface area (Å²) in [6.07, 6.45) is 2.94. The van der Waals surface area contributed by atoms with E-state index >= 15 is 0 Å². The van der Waals surface area contributed by atoms with Crippen LogP contribution in [0.3, 0.4) is 0 Å². The van der Waals surface area contributed by atoms with Gasteiger partial charge >= 0.3 is 12.1 Å². The number of fused-ring (bicyclic) bond motifs is 1. The molecule has 2 heterocycles. The molecule has 0 aromatic heterocycles. The number of amides is 1. The Labute approximate surface area is 215 Å². The standard InChI is InChI=1S/C29H39N3O4/c1-3-20-35-28(33)13-15-30-16-18-31(19-17-30)26-12-11-25-10-7-14-32(23(2)27(25)21-26)29(34)36-22-24-8-5-4-6-9-24/h4-6,8-9,11-12,21,23H,3,7,10,13-20,22H2,1-2H3/t23-/m0/s1. The smallest absolute Gasteiger partial charge is 0.410 e. The van der Waals surface area contributed by atoms with E-state index in [2.05, 4.69) is 34.9 Å². The van der Waals surface area contributed by atoms with E-state index in [1.807, 2.05) is 42.2 Å². The molecule has 2 aliphatic rings. The quantitative estimate of drug-likeness (QED) is 0.493. The molecule has 194 valence electrons. The average molecular weight is 494 g/mol. The van der Waals surface area contributed by atoms with Gasteiger partial charge < -0.3 is 19.3 Å². The van der Waals surface area contributed by atoms with Crippen LogP contribution in [0.4, 0.5) is 10.5 Å². The second kappa shape index (κ2) is 12.8. The number of piperazine rings is 1. The van der Waals surface area contributed by atoms with E-state index in [1.54, 1.807) is 0 Å². The molecule has 1 atom stereocenters. The van der Waals surface area contributed by atoms with Crippen molar-refractivity contribution in [3.63, 3.8) is 0 Å². The molecule has 7 nitrogen and oxygen atoms in total. The summed E-state index contributed by atoms with van der Waals surface area (Å²) in [7, 11) is 0. The van der Waals surface area contributed by atoms with E-state index in [0.29, 0.717) is 19.6 Å². The van der Waals surface area contributed by atoms with Crippen LogP contribution in [-0.2, 0) is 27.3 Å². The summed E-state index contributed by atoms with van der Waals surface area (Å²) in [5, 5.41) is 0. The topological polar surface area (TPSA) is 62.3 Å². The van der Waals surface area contributed by atoms with Gasteiger partial charge in [0.1, 0.15) is 6.61 Å². The third kappa shape index (κ3) is 6.78. The molecule has 2 aromatic carbocycles. The molecule has 1 fully saturated rings. The normalized spacial score (nSPS) is 18.3. The zero-order valence-electron chi connectivity index (χ0n) is 21.7. The molecule has 2 aromatic rings. The summed E-state index contributed by atoms with van der Waals surface area (Å²) in [5.41, 5.74) is 4.71. The Bertz CT molecular complexity index is 1000. The number of ether oxygens (including phenoxy) is 2. The highest BCUT2D eigenvalue weighted by atomic mass is 16.6. The Morgan fingerprint density at radius 2 is 1.75 bits per heavy atom. The van der Waals surface area contributed by atoms with Crippen molar-refractivity contribution in [2.75, 3.05) is 50.8 Å². The Kier molecular flexibility index (Phi) is 9.23. The van der Waals surface area contributed by atoms with Crippen LogP contribution >= 0.6 is 0 Å². The Morgan fingerprint density at radius 3 is 2.50 bits per heavy atom. The summed E-state index contributed by atoms with van der Waals surface area (Å²) in [6, 6.07) is 16.5. The van der Waals surface area contributed by atoms with Crippen LogP contribution in [0.25, 0.3) is 0 Å².